The van der Waals surface area contributed by atoms with Gasteiger partial charge < -0.3 is 5.11 Å². The SMILES string of the molecule is NS(=O)(=O)c1ccc(CN=Cc2cc([N+](=O)[O-])ccc2O)cc1. The third kappa shape index (κ3) is 4.34. The number of sulfonamides is 1. The molecule has 0 atom stereocenters. The Hall–Kier alpha value is -2.78. The minimum Gasteiger partial charge on any atom is -0.507 e. The van der Waals surface area contributed by atoms with Crippen LogP contribution in [0.4, 0.5) is 5.69 Å². The monoisotopic (exact) mass is 335 g/mol. The Kier molecular flexibility index (Phi) is 4.72. The number of nitro groups is 1. The summed E-state index contributed by atoms with van der Waals surface area (Å²) in [5.41, 5.74) is 0.792. The van der Waals surface area contributed by atoms with Crippen LogP contribution in [0.15, 0.2) is 52.4 Å². The molecule has 0 aliphatic carbocycles. The molecule has 0 saturated heterocycles. The second-order valence-corrected chi connectivity index (χ2v) is 6.22. The van der Waals surface area contributed by atoms with E-state index in [-0.39, 0.29) is 28.4 Å². The molecule has 0 aromatic heterocycles. The zero-order chi connectivity index (χ0) is 17.0. The lowest BCUT2D eigenvalue weighted by atomic mass is 10.2. The van der Waals surface area contributed by atoms with Crippen LogP contribution in [0, 0.1) is 10.1 Å². The van der Waals surface area contributed by atoms with E-state index in [0.717, 1.165) is 5.56 Å². The van der Waals surface area contributed by atoms with Gasteiger partial charge in [0.1, 0.15) is 5.75 Å². The Balaban J connectivity index is 2.13. The summed E-state index contributed by atoms with van der Waals surface area (Å²) in [6, 6.07) is 9.48. The Morgan fingerprint density at radius 3 is 2.43 bits per heavy atom. The van der Waals surface area contributed by atoms with E-state index in [1.165, 1.54) is 36.5 Å². The maximum Gasteiger partial charge on any atom is 0.270 e. The molecule has 3 N–H and O–H groups in total. The first-order chi connectivity index (χ1) is 10.8. The molecule has 9 heteroatoms. The first-order valence-electron chi connectivity index (χ1n) is 6.36. The van der Waals surface area contributed by atoms with Crippen LogP contribution >= 0.6 is 0 Å². The molecule has 0 saturated carbocycles. The van der Waals surface area contributed by atoms with E-state index in [0.29, 0.717) is 0 Å². The number of nitrogens with two attached hydrogens (primary N) is 1. The zero-order valence-electron chi connectivity index (χ0n) is 11.8. The van der Waals surface area contributed by atoms with E-state index in [9.17, 15) is 23.6 Å². The van der Waals surface area contributed by atoms with Gasteiger partial charge in [-0.25, -0.2) is 13.6 Å². The van der Waals surface area contributed by atoms with Gasteiger partial charge in [0.2, 0.25) is 10.0 Å². The maximum absolute atomic E-state index is 11.1. The number of aliphatic imine (C=N–C) groups is 1. The molecule has 0 unspecified atom stereocenters. The van der Waals surface area contributed by atoms with Crippen LogP contribution in [0.1, 0.15) is 11.1 Å². The van der Waals surface area contributed by atoms with Gasteiger partial charge >= 0.3 is 0 Å². The van der Waals surface area contributed by atoms with Gasteiger partial charge in [-0.05, 0) is 23.8 Å². The van der Waals surface area contributed by atoms with Gasteiger partial charge in [0, 0.05) is 23.9 Å². The fourth-order valence-electron chi connectivity index (χ4n) is 1.79. The largest absolute Gasteiger partial charge is 0.507 e. The minimum atomic E-state index is -3.74. The standard InChI is InChI=1S/C14H13N3O5S/c15-23(21,22)13-4-1-10(2-5-13)8-16-9-11-7-12(17(19)20)3-6-14(11)18/h1-7,9,18H,8H2,(H2,15,21,22). The van der Waals surface area contributed by atoms with Crippen LogP contribution in [0.5, 0.6) is 5.75 Å². The third-order valence-corrected chi connectivity index (χ3v) is 3.91. The molecule has 2 aromatic carbocycles. The predicted octanol–water partition coefficient (Wildman–Crippen LogP) is 1.57. The Morgan fingerprint density at radius 1 is 1.22 bits per heavy atom. The lowest BCUT2D eigenvalue weighted by Crippen LogP contribution is -2.11. The summed E-state index contributed by atoms with van der Waals surface area (Å²) in [5, 5.41) is 25.3. The number of benzene rings is 2. The fraction of sp³-hybridized carbons (Fsp3) is 0.0714. The Bertz CT molecular complexity index is 860. The van der Waals surface area contributed by atoms with Crippen molar-refractivity contribution in [3.63, 3.8) is 0 Å². The van der Waals surface area contributed by atoms with Crippen molar-refractivity contribution in [2.24, 2.45) is 10.1 Å². The quantitative estimate of drug-likeness (QED) is 0.485. The summed E-state index contributed by atoms with van der Waals surface area (Å²) in [4.78, 5) is 14.2. The normalized spacial score (nSPS) is 11.7. The number of hydrogen-bond donors (Lipinski definition) is 2. The number of phenols is 1. The molecular weight excluding hydrogens is 322 g/mol. The van der Waals surface area contributed by atoms with Gasteiger partial charge in [-0.1, -0.05) is 12.1 Å². The minimum absolute atomic E-state index is 0.00144. The average Bonchev–Trinajstić information content (AvgIpc) is 2.48. The van der Waals surface area contributed by atoms with Crippen LogP contribution in [-0.4, -0.2) is 24.7 Å². The lowest BCUT2D eigenvalue weighted by Gasteiger charge is -2.01. The van der Waals surface area contributed by atoms with E-state index in [2.05, 4.69) is 4.99 Å². The molecule has 23 heavy (non-hydrogen) atoms. The van der Waals surface area contributed by atoms with Gasteiger partial charge in [0.15, 0.2) is 0 Å². The van der Waals surface area contributed by atoms with Crippen LogP contribution in [0.2, 0.25) is 0 Å². The molecule has 0 heterocycles. The predicted molar refractivity (Wildman–Crippen MR) is 83.9 cm³/mol. The highest BCUT2D eigenvalue weighted by Crippen LogP contribution is 2.21. The van der Waals surface area contributed by atoms with Crippen molar-refractivity contribution in [1.82, 2.24) is 0 Å². The molecular formula is C14H13N3O5S. The van der Waals surface area contributed by atoms with Gasteiger partial charge in [-0.3, -0.25) is 15.1 Å². The van der Waals surface area contributed by atoms with E-state index in [4.69, 9.17) is 5.14 Å². The van der Waals surface area contributed by atoms with E-state index >= 15 is 0 Å². The van der Waals surface area contributed by atoms with E-state index < -0.39 is 14.9 Å². The number of non-ortho nitro benzene ring substituents is 1. The second kappa shape index (κ2) is 6.55. The summed E-state index contributed by atoms with van der Waals surface area (Å²) in [7, 11) is -3.74. The highest BCUT2D eigenvalue weighted by atomic mass is 32.2. The van der Waals surface area contributed by atoms with Crippen molar-refractivity contribution in [1.29, 1.82) is 0 Å². The molecule has 0 aliphatic rings. The zero-order valence-corrected chi connectivity index (χ0v) is 12.6. The summed E-state index contributed by atoms with van der Waals surface area (Å²) >= 11 is 0. The maximum atomic E-state index is 11.1. The number of nitro benzene ring substituents is 1. The number of aromatic hydroxyl groups is 1. The molecule has 0 aliphatic heterocycles. The summed E-state index contributed by atoms with van der Waals surface area (Å²) < 4.78 is 22.3. The van der Waals surface area contributed by atoms with Gasteiger partial charge in [-0.2, -0.15) is 0 Å². The molecule has 0 bridgehead atoms. The molecule has 2 rings (SSSR count). The van der Waals surface area contributed by atoms with Crippen molar-refractivity contribution in [3.8, 4) is 5.75 Å². The number of rotatable bonds is 5. The smallest absolute Gasteiger partial charge is 0.270 e. The van der Waals surface area contributed by atoms with Gasteiger partial charge in [0.05, 0.1) is 16.4 Å². The van der Waals surface area contributed by atoms with Gasteiger partial charge in [0.25, 0.3) is 5.69 Å². The van der Waals surface area contributed by atoms with Crippen LogP contribution in [0.3, 0.4) is 0 Å². The summed E-state index contributed by atoms with van der Waals surface area (Å²) in [6.07, 6.45) is 1.32. The molecule has 0 spiro atoms. The summed E-state index contributed by atoms with van der Waals surface area (Å²) in [5.74, 6) is -0.121. The lowest BCUT2D eigenvalue weighted by molar-refractivity contribution is -0.384. The number of primary sulfonamides is 1. The average molecular weight is 335 g/mol. The number of phenolic OH excluding ortho intramolecular Hbond substituents is 1. The third-order valence-electron chi connectivity index (χ3n) is 2.98. The van der Waals surface area contributed by atoms with Crippen molar-refractivity contribution >= 4 is 21.9 Å². The second-order valence-electron chi connectivity index (χ2n) is 4.66. The first kappa shape index (κ1) is 16.6. The van der Waals surface area contributed by atoms with E-state index in [1.54, 1.807) is 12.1 Å². The highest BCUT2D eigenvalue weighted by molar-refractivity contribution is 7.89. The van der Waals surface area contributed by atoms with Crippen molar-refractivity contribution in [2.75, 3.05) is 0 Å². The molecule has 0 fully saturated rings. The number of hydrogen-bond acceptors (Lipinski definition) is 6. The van der Waals surface area contributed by atoms with Crippen molar-refractivity contribution < 1.29 is 18.4 Å². The summed E-state index contributed by atoms with van der Waals surface area (Å²) in [6.45, 7) is 0.215. The molecule has 0 amide bonds. The molecule has 2 aromatic rings. The topological polar surface area (TPSA) is 136 Å². The molecule has 0 radical (unpaired) electrons. The van der Waals surface area contributed by atoms with Crippen molar-refractivity contribution in [2.45, 2.75) is 11.4 Å². The molecule has 8 nitrogen and oxygen atoms in total. The van der Waals surface area contributed by atoms with Gasteiger partial charge in [-0.15, -0.1) is 0 Å². The van der Waals surface area contributed by atoms with E-state index in [1.807, 2.05) is 0 Å². The Morgan fingerprint density at radius 2 is 1.87 bits per heavy atom. The van der Waals surface area contributed by atoms with Crippen LogP contribution < -0.4 is 5.14 Å². The Labute approximate surface area is 132 Å². The van der Waals surface area contributed by atoms with Crippen LogP contribution in [-0.2, 0) is 16.6 Å². The molecule has 120 valence electrons. The number of nitrogens with zero attached hydrogens (tertiary/aromatic N) is 2. The fourth-order valence-corrected chi connectivity index (χ4v) is 2.31. The highest BCUT2D eigenvalue weighted by Gasteiger charge is 2.09. The first-order valence-corrected chi connectivity index (χ1v) is 7.91. The van der Waals surface area contributed by atoms with Crippen molar-refractivity contribution in [3.05, 3.63) is 63.7 Å². The van der Waals surface area contributed by atoms with Crippen LogP contribution in [0.25, 0.3) is 0 Å².